The second-order valence-corrected chi connectivity index (χ2v) is 40.9. The highest BCUT2D eigenvalue weighted by atomic mass is 127. The second-order valence-electron chi connectivity index (χ2n) is 32.1. The normalized spacial score (nSPS) is 22.8. The summed E-state index contributed by atoms with van der Waals surface area (Å²) in [4.78, 5) is 174. The number of carbonyl (C=O) groups is 14. The number of rotatable bonds is 64. The van der Waals surface area contributed by atoms with E-state index in [0.717, 1.165) is 25.7 Å². The summed E-state index contributed by atoms with van der Waals surface area (Å²) < 4.78 is 145. The molecule has 1 unspecified atom stereocenters. The Hall–Kier alpha value is -6.71. The van der Waals surface area contributed by atoms with E-state index in [9.17, 15) is 71.7 Å². The van der Waals surface area contributed by atoms with Gasteiger partial charge in [-0.05, 0) is 43.4 Å². The van der Waals surface area contributed by atoms with Gasteiger partial charge in [-0.25, -0.2) is 0 Å². The summed E-state index contributed by atoms with van der Waals surface area (Å²) >= 11 is 5.83. The third kappa shape index (κ3) is 50.8. The molecule has 5 N–H and O–H groups in total. The predicted octanol–water partition coefficient (Wildman–Crippen LogP) is 3.16. The minimum absolute atomic E-state index is 0.0159. The van der Waals surface area contributed by atoms with Gasteiger partial charge in [-0.2, -0.15) is 0 Å². The first-order valence-electron chi connectivity index (χ1n) is 43.0. The minimum Gasteiger partial charge on any atom is -0.463 e. The van der Waals surface area contributed by atoms with E-state index in [-0.39, 0.29) is 234 Å². The molecule has 1 saturated carbocycles. The Morgan fingerprint density at radius 1 is 0.372 bits per heavy atom. The third-order valence-corrected chi connectivity index (χ3v) is 21.4. The van der Waals surface area contributed by atoms with E-state index in [1.807, 2.05) is 13.8 Å². The molecular formula is C82H135IN5O39PS. The number of hydrogen-bond donors (Lipinski definition) is 6. The standard InChI is InChI=1S/C82H135IN5O39PS/c1-52(89)115-45-66-76(121-58(7)95)63(118-55(4)92)42-73(124-66)112-39-36-106-30-22-84-69(98)18-27-109-49-82(50-110-28-19-70(99)85-23-31-107-37-40-113-74-43-64(119-56(5)93)77(122-59(8)96)67(125-74)46-116-53(2)90,51-111-29-20-71(100)86-24-32-108-38-41-114-75-44-65(120-57(6)94)78(123-60(9)97)68(126-75)47-117-54(3)91)88-72(101)21-26-104-34-35-105-33-25-87-79(102)81(12,13)48-80(10,11)61-14-16-62(17-15-61)127-128(83,103)129/h61-68,73-78H,14-51H2,1-13H3,(H,84,98)(H,85,99)(H,86,100)(H,87,102)(H,88,101)(H,103,129)/t61?,62?,63-,64-,65-,66-,67-,68-,73-,74-,75-,76-,77-,78-,128?/m1/s1. The SMILES string of the molecule is CC(=O)OC[C@H]1O[C@@H](OCCOCCNC(=O)CCOCC(COCCC(=O)NCCOCCO[C@H]2C[C@@H](OC(C)=O)[C@@H](OC(C)=O)[C@@H](COC(C)=O)O2)(COCCC(=O)NCCOCCO[C@H]2C[C@@H](OC(C)=O)[C@@H](OC(C)=O)[C@@H](COC(C)=O)O2)NC(=O)CCOCCOCCNC(=O)C(C)(C)CC(C)(C)C2CCC(OP(=O)(S)I)CC2)C[C@@H](OC(C)=O)[C@H]1OC(C)=O. The van der Waals surface area contributed by atoms with E-state index >= 15 is 0 Å². The van der Waals surface area contributed by atoms with Crippen LogP contribution in [0.3, 0.4) is 0 Å². The molecule has 44 nitrogen and oxygen atoms in total. The zero-order chi connectivity index (χ0) is 95.5. The minimum atomic E-state index is -2.95. The molecule has 13 atom stereocenters. The van der Waals surface area contributed by atoms with Crippen molar-refractivity contribution < 1.29 is 185 Å². The molecule has 3 saturated heterocycles. The lowest BCUT2D eigenvalue weighted by molar-refractivity contribution is -0.267. The molecule has 47 heteroatoms. The van der Waals surface area contributed by atoms with Crippen LogP contribution in [0.4, 0.5) is 0 Å². The van der Waals surface area contributed by atoms with E-state index in [2.05, 4.69) is 52.7 Å². The van der Waals surface area contributed by atoms with Crippen LogP contribution in [0.2, 0.25) is 0 Å². The fraction of sp³-hybridized carbons (Fsp3) is 0.829. The zero-order valence-corrected chi connectivity index (χ0v) is 80.1. The lowest BCUT2D eigenvalue weighted by Gasteiger charge is -2.43. The molecule has 5 amide bonds. The summed E-state index contributed by atoms with van der Waals surface area (Å²) in [6.45, 7) is 16.8. The number of amides is 5. The van der Waals surface area contributed by atoms with E-state index in [0.29, 0.717) is 12.3 Å². The van der Waals surface area contributed by atoms with Crippen LogP contribution < -0.4 is 26.6 Å². The Morgan fingerprint density at radius 2 is 0.667 bits per heavy atom. The molecule has 1 aliphatic carbocycles. The summed E-state index contributed by atoms with van der Waals surface area (Å²) in [5.74, 6) is -7.60. The predicted molar refractivity (Wildman–Crippen MR) is 458 cm³/mol. The molecular weight excluding hydrogens is 1870 g/mol. The Bertz CT molecular complexity index is 3260. The van der Waals surface area contributed by atoms with Crippen LogP contribution in [0.5, 0.6) is 0 Å². The molecule has 3 aliphatic heterocycles. The molecule has 4 rings (SSSR count). The zero-order valence-electron chi connectivity index (χ0n) is 76.1. The van der Waals surface area contributed by atoms with Crippen molar-refractivity contribution in [3.63, 3.8) is 0 Å². The first-order valence-corrected chi connectivity index (χ1v) is 48.6. The fourth-order valence-corrected chi connectivity index (χ4v) is 16.4. The number of esters is 9. The highest BCUT2D eigenvalue weighted by molar-refractivity contribution is 14.2. The molecule has 0 aromatic rings. The van der Waals surface area contributed by atoms with Crippen LogP contribution in [-0.4, -0.2) is 340 Å². The van der Waals surface area contributed by atoms with Crippen molar-refractivity contribution in [2.75, 3.05) is 172 Å². The Kier molecular flexibility index (Phi) is 55.1. The number of carbonyl (C=O) groups excluding carboxylic acids is 14. The highest BCUT2D eigenvalue weighted by Crippen LogP contribution is 2.62. The third-order valence-electron chi connectivity index (χ3n) is 19.9. The Labute approximate surface area is 770 Å². The smallest absolute Gasteiger partial charge is 0.311 e. The van der Waals surface area contributed by atoms with Crippen LogP contribution in [0.1, 0.15) is 167 Å². The Morgan fingerprint density at radius 3 is 0.977 bits per heavy atom. The molecule has 0 radical (unpaired) electrons. The summed E-state index contributed by atoms with van der Waals surface area (Å²) in [5, 5.41) is 14.1. The molecule has 740 valence electrons. The maximum absolute atomic E-state index is 14.1. The topological polar surface area (TPSA) is 538 Å². The van der Waals surface area contributed by atoms with Gasteiger partial charge in [0.15, 0.2) is 37.2 Å². The Balaban J connectivity index is 1.40. The molecule has 4 fully saturated rings. The van der Waals surface area contributed by atoms with Crippen molar-refractivity contribution in [3.05, 3.63) is 0 Å². The number of hydrogen-bond acceptors (Lipinski definition) is 39. The summed E-state index contributed by atoms with van der Waals surface area (Å²) in [7, 11) is 0. The van der Waals surface area contributed by atoms with E-state index < -0.39 is 166 Å². The molecule has 0 aromatic carbocycles. The largest absolute Gasteiger partial charge is 0.463 e. The molecule has 0 spiro atoms. The van der Waals surface area contributed by atoms with Crippen LogP contribution in [0.25, 0.3) is 0 Å². The van der Waals surface area contributed by atoms with E-state index in [4.69, 9.17) is 113 Å². The van der Waals surface area contributed by atoms with Crippen molar-refractivity contribution in [2.45, 2.75) is 253 Å². The summed E-state index contributed by atoms with van der Waals surface area (Å²) in [5.41, 5.74) is -2.44. The van der Waals surface area contributed by atoms with Crippen LogP contribution in [0.15, 0.2) is 0 Å². The van der Waals surface area contributed by atoms with Gasteiger partial charge in [0.05, 0.1) is 132 Å². The van der Waals surface area contributed by atoms with Crippen LogP contribution in [0, 0.1) is 16.7 Å². The molecule has 0 bridgehead atoms. The second kappa shape index (κ2) is 62.0. The number of ether oxygens (including phenoxy) is 23. The molecule has 129 heavy (non-hydrogen) atoms. The van der Waals surface area contributed by atoms with Gasteiger partial charge in [-0.1, -0.05) is 39.9 Å². The molecule has 3 heterocycles. The lowest BCUT2D eigenvalue weighted by Crippen LogP contribution is -2.59. The molecule has 4 aliphatic rings. The van der Waals surface area contributed by atoms with E-state index in [1.165, 1.54) is 62.3 Å². The summed E-state index contributed by atoms with van der Waals surface area (Å²) in [6, 6.07) is 0. The highest BCUT2D eigenvalue weighted by Gasteiger charge is 2.48. The maximum Gasteiger partial charge on any atom is 0.311 e. The number of nitrogens with one attached hydrogen (secondary N) is 5. The van der Waals surface area contributed by atoms with Crippen molar-refractivity contribution in [1.29, 1.82) is 0 Å². The van der Waals surface area contributed by atoms with Gasteiger partial charge in [-0.15, -0.1) is 0 Å². The quantitative estimate of drug-likeness (QED) is 0.0127. The van der Waals surface area contributed by atoms with Gasteiger partial charge >= 0.3 is 57.9 Å². The van der Waals surface area contributed by atoms with Crippen molar-refractivity contribution in [2.24, 2.45) is 16.7 Å². The summed E-state index contributed by atoms with van der Waals surface area (Å²) in [6.07, 6.45) is -9.46. The lowest BCUT2D eigenvalue weighted by atomic mass is 9.64. The first kappa shape index (κ1) is 115. The monoisotopic (exact) mass is 2000 g/mol. The van der Waals surface area contributed by atoms with E-state index in [1.54, 1.807) is 22.0 Å². The van der Waals surface area contributed by atoms with Gasteiger partial charge < -0.3 is 140 Å². The average Bonchev–Trinajstić information content (AvgIpc) is 0.818. The molecule has 0 aromatic heterocycles. The number of halogens is 1. The van der Waals surface area contributed by atoms with Gasteiger partial charge in [0.1, 0.15) is 62.0 Å². The van der Waals surface area contributed by atoms with Gasteiger partial charge in [-0.3, -0.25) is 71.7 Å². The average molecular weight is 2000 g/mol. The van der Waals surface area contributed by atoms with Crippen LogP contribution in [-0.2, 0) is 185 Å². The van der Waals surface area contributed by atoms with Gasteiger partial charge in [0, 0.05) is 161 Å². The van der Waals surface area contributed by atoms with Crippen LogP contribution >= 0.6 is 38.5 Å². The van der Waals surface area contributed by atoms with Gasteiger partial charge in [0.25, 0.3) is 0 Å². The van der Waals surface area contributed by atoms with Crippen molar-refractivity contribution in [3.8, 4) is 0 Å². The van der Waals surface area contributed by atoms with Crippen molar-refractivity contribution in [1.82, 2.24) is 26.6 Å². The maximum atomic E-state index is 14.1. The number of thiol groups is 1. The van der Waals surface area contributed by atoms with Gasteiger partial charge in [0.2, 0.25) is 29.5 Å². The first-order chi connectivity index (χ1) is 61.0. The van der Waals surface area contributed by atoms with Crippen molar-refractivity contribution >= 4 is 122 Å². The fourth-order valence-electron chi connectivity index (χ4n) is 14.4.